The molecule has 1 aromatic carbocycles. The van der Waals surface area contributed by atoms with E-state index in [1.54, 1.807) is 18.4 Å². The zero-order chi connectivity index (χ0) is 14.4. The third-order valence-corrected chi connectivity index (χ3v) is 4.48. The number of aromatic amines is 1. The zero-order valence-corrected chi connectivity index (χ0v) is 12.1. The van der Waals surface area contributed by atoms with Gasteiger partial charge in [-0.1, -0.05) is 0 Å². The lowest BCUT2D eigenvalue weighted by atomic mass is 10.1. The summed E-state index contributed by atoms with van der Waals surface area (Å²) in [6.07, 6.45) is 3.83. The SMILES string of the molecule is COc1ccc2[nH]cc(/C=C3\C(=O)Nc4sccc43)c2c1. The van der Waals surface area contributed by atoms with Crippen molar-refractivity contribution in [3.8, 4) is 5.75 Å². The minimum absolute atomic E-state index is 0.0471. The van der Waals surface area contributed by atoms with Crippen molar-refractivity contribution in [2.45, 2.75) is 0 Å². The van der Waals surface area contributed by atoms with Gasteiger partial charge < -0.3 is 15.0 Å². The first-order valence-electron chi connectivity index (χ1n) is 6.52. The number of benzene rings is 1. The van der Waals surface area contributed by atoms with E-state index in [4.69, 9.17) is 4.74 Å². The lowest BCUT2D eigenvalue weighted by Crippen LogP contribution is -2.03. The fourth-order valence-electron chi connectivity index (χ4n) is 2.58. The van der Waals surface area contributed by atoms with E-state index in [1.165, 1.54) is 0 Å². The maximum absolute atomic E-state index is 12.1. The highest BCUT2D eigenvalue weighted by atomic mass is 32.1. The van der Waals surface area contributed by atoms with Crippen LogP contribution in [0.1, 0.15) is 11.1 Å². The second-order valence-corrected chi connectivity index (χ2v) is 5.75. The molecule has 1 amide bonds. The van der Waals surface area contributed by atoms with Gasteiger partial charge in [0, 0.05) is 28.2 Å². The Bertz CT molecular complexity index is 889. The first-order valence-corrected chi connectivity index (χ1v) is 7.40. The Morgan fingerprint density at radius 3 is 3.05 bits per heavy atom. The maximum atomic E-state index is 12.1. The summed E-state index contributed by atoms with van der Waals surface area (Å²) >= 11 is 1.54. The molecule has 0 bridgehead atoms. The number of H-pyrrole nitrogens is 1. The molecule has 0 radical (unpaired) electrons. The van der Waals surface area contributed by atoms with Gasteiger partial charge in [-0.25, -0.2) is 0 Å². The van der Waals surface area contributed by atoms with E-state index < -0.39 is 0 Å². The van der Waals surface area contributed by atoms with Crippen LogP contribution in [0.3, 0.4) is 0 Å². The summed E-state index contributed by atoms with van der Waals surface area (Å²) in [5.74, 6) is 0.753. The van der Waals surface area contributed by atoms with Crippen LogP contribution in [0.15, 0.2) is 35.8 Å². The molecule has 0 saturated heterocycles. The van der Waals surface area contributed by atoms with Gasteiger partial charge in [0.15, 0.2) is 0 Å². The van der Waals surface area contributed by atoms with Crippen molar-refractivity contribution in [2.24, 2.45) is 0 Å². The molecule has 4 nitrogen and oxygen atoms in total. The summed E-state index contributed by atoms with van der Waals surface area (Å²) in [5, 5.41) is 6.83. The molecule has 2 N–H and O–H groups in total. The molecule has 0 atom stereocenters. The van der Waals surface area contributed by atoms with Crippen molar-refractivity contribution in [1.29, 1.82) is 0 Å². The van der Waals surface area contributed by atoms with Gasteiger partial charge >= 0.3 is 0 Å². The Labute approximate surface area is 125 Å². The van der Waals surface area contributed by atoms with Crippen LogP contribution < -0.4 is 10.1 Å². The summed E-state index contributed by atoms with van der Waals surface area (Å²) in [6, 6.07) is 7.83. The molecule has 4 rings (SSSR count). The van der Waals surface area contributed by atoms with Crippen LogP contribution in [0.5, 0.6) is 5.75 Å². The van der Waals surface area contributed by atoms with Crippen molar-refractivity contribution >= 4 is 44.8 Å². The predicted octanol–water partition coefficient (Wildman–Crippen LogP) is 3.73. The van der Waals surface area contributed by atoms with E-state index in [-0.39, 0.29) is 5.91 Å². The number of hydrogen-bond donors (Lipinski definition) is 2. The Hall–Kier alpha value is -2.53. The number of rotatable bonds is 2. The summed E-state index contributed by atoms with van der Waals surface area (Å²) in [5.41, 5.74) is 3.68. The quantitative estimate of drug-likeness (QED) is 0.708. The monoisotopic (exact) mass is 296 g/mol. The number of carbonyl (C=O) groups excluding carboxylic acids is 1. The largest absolute Gasteiger partial charge is 0.497 e. The molecule has 0 spiro atoms. The van der Waals surface area contributed by atoms with Crippen LogP contribution in [-0.4, -0.2) is 18.0 Å². The van der Waals surface area contributed by atoms with Gasteiger partial charge in [-0.15, -0.1) is 11.3 Å². The molecule has 0 aliphatic carbocycles. The number of aromatic nitrogens is 1. The normalized spacial score (nSPS) is 15.5. The minimum atomic E-state index is -0.0471. The summed E-state index contributed by atoms with van der Waals surface area (Å²) in [4.78, 5) is 15.3. The summed E-state index contributed by atoms with van der Waals surface area (Å²) in [7, 11) is 1.65. The topological polar surface area (TPSA) is 54.1 Å². The Kier molecular flexibility index (Phi) is 2.62. The van der Waals surface area contributed by atoms with Crippen molar-refractivity contribution in [2.75, 3.05) is 12.4 Å². The van der Waals surface area contributed by atoms with Crippen molar-refractivity contribution in [1.82, 2.24) is 4.98 Å². The van der Waals surface area contributed by atoms with Crippen molar-refractivity contribution < 1.29 is 9.53 Å². The average molecular weight is 296 g/mol. The molecule has 0 fully saturated rings. The van der Waals surface area contributed by atoms with Crippen LogP contribution in [0.4, 0.5) is 5.00 Å². The van der Waals surface area contributed by atoms with E-state index in [2.05, 4.69) is 10.3 Å². The molecule has 5 heteroatoms. The number of fused-ring (bicyclic) bond motifs is 2. The molecule has 3 aromatic rings. The summed E-state index contributed by atoms with van der Waals surface area (Å²) < 4.78 is 5.27. The number of anilines is 1. The van der Waals surface area contributed by atoms with Gasteiger partial charge in [0.25, 0.3) is 5.91 Å². The average Bonchev–Trinajstić information content (AvgIpc) is 3.16. The van der Waals surface area contributed by atoms with E-state index in [0.29, 0.717) is 5.57 Å². The lowest BCUT2D eigenvalue weighted by molar-refractivity contribution is -0.110. The molecular weight excluding hydrogens is 284 g/mol. The lowest BCUT2D eigenvalue weighted by Gasteiger charge is -2.00. The van der Waals surface area contributed by atoms with E-state index in [1.807, 2.05) is 41.9 Å². The number of thiophene rings is 1. The summed E-state index contributed by atoms with van der Waals surface area (Å²) in [6.45, 7) is 0. The first-order chi connectivity index (χ1) is 10.3. The molecule has 104 valence electrons. The van der Waals surface area contributed by atoms with Gasteiger partial charge in [0.2, 0.25) is 0 Å². The molecule has 0 unspecified atom stereocenters. The standard InChI is InChI=1S/C16H12N2O2S/c1-20-10-2-3-14-12(7-10)9(8-17-14)6-13-11-4-5-21-16(11)18-15(13)19/h2-8,17H,1H3,(H,18,19)/b13-6-. The van der Waals surface area contributed by atoms with Crippen LogP contribution in [0.2, 0.25) is 0 Å². The highest BCUT2D eigenvalue weighted by Crippen LogP contribution is 2.38. The molecule has 0 saturated carbocycles. The Balaban J connectivity index is 1.88. The fourth-order valence-corrected chi connectivity index (χ4v) is 3.37. The molecule has 3 heterocycles. The van der Waals surface area contributed by atoms with Gasteiger partial charge in [-0.2, -0.15) is 0 Å². The third kappa shape index (κ3) is 1.86. The van der Waals surface area contributed by atoms with Gasteiger partial charge in [0.1, 0.15) is 10.8 Å². The van der Waals surface area contributed by atoms with E-state index >= 15 is 0 Å². The zero-order valence-electron chi connectivity index (χ0n) is 11.3. The number of hydrogen-bond acceptors (Lipinski definition) is 3. The van der Waals surface area contributed by atoms with Crippen molar-refractivity contribution in [3.63, 3.8) is 0 Å². The molecular formula is C16H12N2O2S. The van der Waals surface area contributed by atoms with E-state index in [9.17, 15) is 4.79 Å². The first kappa shape index (κ1) is 12.2. The second kappa shape index (κ2) is 4.49. The highest BCUT2D eigenvalue weighted by molar-refractivity contribution is 7.15. The molecule has 21 heavy (non-hydrogen) atoms. The third-order valence-electron chi connectivity index (χ3n) is 3.65. The molecule has 1 aliphatic rings. The minimum Gasteiger partial charge on any atom is -0.497 e. The van der Waals surface area contributed by atoms with Crippen LogP contribution in [0.25, 0.3) is 22.6 Å². The molecule has 2 aromatic heterocycles. The molecule has 1 aliphatic heterocycles. The number of carbonyl (C=O) groups is 1. The number of methoxy groups -OCH3 is 1. The van der Waals surface area contributed by atoms with Crippen LogP contribution in [0, 0.1) is 0 Å². The second-order valence-electron chi connectivity index (χ2n) is 4.83. The predicted molar refractivity (Wildman–Crippen MR) is 85.7 cm³/mol. The van der Waals surface area contributed by atoms with Crippen LogP contribution >= 0.6 is 11.3 Å². The smallest absolute Gasteiger partial charge is 0.257 e. The number of ether oxygens (including phenoxy) is 1. The maximum Gasteiger partial charge on any atom is 0.257 e. The van der Waals surface area contributed by atoms with Gasteiger partial charge in [-0.3, -0.25) is 4.79 Å². The number of nitrogens with one attached hydrogen (secondary N) is 2. The van der Waals surface area contributed by atoms with E-state index in [0.717, 1.165) is 32.8 Å². The number of amides is 1. The van der Waals surface area contributed by atoms with Gasteiger partial charge in [-0.05, 0) is 35.7 Å². The Morgan fingerprint density at radius 1 is 1.29 bits per heavy atom. The van der Waals surface area contributed by atoms with Gasteiger partial charge in [0.05, 0.1) is 12.7 Å². The van der Waals surface area contributed by atoms with Crippen molar-refractivity contribution in [3.05, 3.63) is 47.0 Å². The fraction of sp³-hybridized carbons (Fsp3) is 0.0625. The van der Waals surface area contributed by atoms with Crippen LogP contribution in [-0.2, 0) is 4.79 Å². The Morgan fingerprint density at radius 2 is 2.19 bits per heavy atom. The highest BCUT2D eigenvalue weighted by Gasteiger charge is 2.25.